The summed E-state index contributed by atoms with van der Waals surface area (Å²) >= 11 is 0. The van der Waals surface area contributed by atoms with Gasteiger partial charge in [0, 0.05) is 0 Å². The highest BCUT2D eigenvalue weighted by Gasteiger charge is 2.23. The van der Waals surface area contributed by atoms with Crippen LogP contribution in [0.5, 0.6) is 0 Å². The number of rotatable bonds is 2. The molecule has 1 atom stereocenters. The minimum Gasteiger partial charge on any atom is -0.371 e. The molecule has 0 saturated carbocycles. The first-order valence-corrected chi connectivity index (χ1v) is 3.75. The molecule has 1 aliphatic heterocycles. The number of epoxide rings is 1. The summed E-state index contributed by atoms with van der Waals surface area (Å²) in [6, 6.07) is 0. The number of nitrogens with zero attached hydrogens (tertiary/aromatic N) is 3. The molecule has 0 aliphatic carbocycles. The lowest BCUT2D eigenvalue weighted by Crippen LogP contribution is -2.07. The molecule has 1 aliphatic rings. The van der Waals surface area contributed by atoms with Crippen molar-refractivity contribution >= 4 is 0 Å². The van der Waals surface area contributed by atoms with Gasteiger partial charge in [0.1, 0.15) is 17.8 Å². The van der Waals surface area contributed by atoms with Gasteiger partial charge >= 0.3 is 0 Å². The van der Waals surface area contributed by atoms with Crippen molar-refractivity contribution in [3.8, 4) is 0 Å². The van der Waals surface area contributed by atoms with Gasteiger partial charge in [-0.25, -0.2) is 9.67 Å². The molecule has 1 fully saturated rings. The van der Waals surface area contributed by atoms with E-state index < -0.39 is 0 Å². The Morgan fingerprint density at radius 3 is 2.82 bits per heavy atom. The van der Waals surface area contributed by atoms with Crippen molar-refractivity contribution in [3.63, 3.8) is 0 Å². The number of hydrogen-bond acceptors (Lipinski definition) is 3. The van der Waals surface area contributed by atoms with E-state index in [1.165, 1.54) is 0 Å². The molecule has 1 aromatic heterocycles. The fourth-order valence-electron chi connectivity index (χ4n) is 1.10. The first-order valence-electron chi connectivity index (χ1n) is 3.75. The summed E-state index contributed by atoms with van der Waals surface area (Å²) < 4.78 is 6.98. The van der Waals surface area contributed by atoms with E-state index in [2.05, 4.69) is 10.1 Å². The lowest BCUT2D eigenvalue weighted by Gasteiger charge is -1.96. The molecule has 0 unspecified atom stereocenters. The Balaban J connectivity index is 2.14. The van der Waals surface area contributed by atoms with E-state index in [9.17, 15) is 0 Å². The van der Waals surface area contributed by atoms with Crippen LogP contribution in [0.25, 0.3) is 0 Å². The highest BCUT2D eigenvalue weighted by atomic mass is 16.6. The highest BCUT2D eigenvalue weighted by molar-refractivity contribution is 4.88. The zero-order chi connectivity index (χ0) is 7.84. The van der Waals surface area contributed by atoms with Crippen LogP contribution in [0.1, 0.15) is 11.6 Å². The second-order valence-electron chi connectivity index (χ2n) is 2.84. The van der Waals surface area contributed by atoms with Crippen LogP contribution in [0.2, 0.25) is 0 Å². The maximum Gasteiger partial charge on any atom is 0.147 e. The molecule has 0 spiro atoms. The van der Waals surface area contributed by atoms with Crippen molar-refractivity contribution in [1.82, 2.24) is 14.8 Å². The molecular formula is C7H11N3O. The Labute approximate surface area is 65.2 Å². The van der Waals surface area contributed by atoms with Gasteiger partial charge in [0.05, 0.1) is 13.2 Å². The van der Waals surface area contributed by atoms with E-state index in [4.69, 9.17) is 4.74 Å². The second-order valence-corrected chi connectivity index (χ2v) is 2.84. The van der Waals surface area contributed by atoms with Gasteiger partial charge in [-0.1, -0.05) is 0 Å². The van der Waals surface area contributed by atoms with Crippen LogP contribution in [-0.4, -0.2) is 27.5 Å². The van der Waals surface area contributed by atoms with Crippen LogP contribution in [0.15, 0.2) is 0 Å². The molecular weight excluding hydrogens is 142 g/mol. The summed E-state index contributed by atoms with van der Waals surface area (Å²) in [6.07, 6.45) is 0.384. The van der Waals surface area contributed by atoms with Crippen molar-refractivity contribution < 1.29 is 4.74 Å². The molecule has 0 bridgehead atoms. The molecule has 0 radical (unpaired) electrons. The highest BCUT2D eigenvalue weighted by Crippen LogP contribution is 2.11. The zero-order valence-electron chi connectivity index (χ0n) is 6.74. The largest absolute Gasteiger partial charge is 0.371 e. The standard InChI is InChI=1S/C7H11N3O/c1-5-8-6(2)10(9-5)3-7-4-11-7/h7H,3-4H2,1-2H3/t7-/m1/s1. The monoisotopic (exact) mass is 153 g/mol. The third-order valence-electron chi connectivity index (χ3n) is 1.74. The summed E-state index contributed by atoms with van der Waals surface area (Å²) in [5.74, 6) is 1.81. The first kappa shape index (κ1) is 6.79. The van der Waals surface area contributed by atoms with Crippen molar-refractivity contribution in [2.75, 3.05) is 6.61 Å². The number of aryl methyl sites for hydroxylation is 2. The lowest BCUT2D eigenvalue weighted by atomic mass is 10.5. The van der Waals surface area contributed by atoms with Crippen molar-refractivity contribution in [2.24, 2.45) is 0 Å². The molecule has 60 valence electrons. The van der Waals surface area contributed by atoms with E-state index >= 15 is 0 Å². The molecule has 2 heterocycles. The predicted molar refractivity (Wildman–Crippen MR) is 39.2 cm³/mol. The fraction of sp³-hybridized carbons (Fsp3) is 0.714. The molecule has 11 heavy (non-hydrogen) atoms. The lowest BCUT2D eigenvalue weighted by molar-refractivity contribution is 0.370. The first-order chi connectivity index (χ1) is 5.25. The topological polar surface area (TPSA) is 43.2 Å². The average molecular weight is 153 g/mol. The van der Waals surface area contributed by atoms with E-state index in [1.54, 1.807) is 0 Å². The molecule has 0 aromatic carbocycles. The van der Waals surface area contributed by atoms with Gasteiger partial charge in [0.15, 0.2) is 0 Å². The minimum atomic E-state index is 0.384. The summed E-state index contributed by atoms with van der Waals surface area (Å²) in [5, 5.41) is 4.22. The number of ether oxygens (including phenoxy) is 1. The smallest absolute Gasteiger partial charge is 0.147 e. The summed E-state index contributed by atoms with van der Waals surface area (Å²) in [6.45, 7) is 5.59. The zero-order valence-corrected chi connectivity index (χ0v) is 6.74. The van der Waals surface area contributed by atoms with Crippen molar-refractivity contribution in [1.29, 1.82) is 0 Å². The van der Waals surface area contributed by atoms with Gasteiger partial charge in [0.25, 0.3) is 0 Å². The molecule has 2 rings (SSSR count). The van der Waals surface area contributed by atoms with Gasteiger partial charge in [-0.3, -0.25) is 0 Å². The number of aromatic nitrogens is 3. The summed E-state index contributed by atoms with van der Waals surface area (Å²) in [4.78, 5) is 4.19. The Kier molecular flexibility index (Phi) is 1.42. The Morgan fingerprint density at radius 2 is 2.36 bits per heavy atom. The van der Waals surface area contributed by atoms with Crippen LogP contribution in [0.4, 0.5) is 0 Å². The average Bonchev–Trinajstić information content (AvgIpc) is 2.64. The van der Waals surface area contributed by atoms with Gasteiger partial charge in [-0.05, 0) is 13.8 Å². The van der Waals surface area contributed by atoms with Gasteiger partial charge in [0.2, 0.25) is 0 Å². The van der Waals surface area contributed by atoms with E-state index in [0.717, 1.165) is 24.8 Å². The van der Waals surface area contributed by atoms with Gasteiger partial charge in [-0.2, -0.15) is 5.10 Å². The van der Waals surface area contributed by atoms with E-state index in [0.29, 0.717) is 6.10 Å². The van der Waals surface area contributed by atoms with Crippen molar-refractivity contribution in [3.05, 3.63) is 11.6 Å². The molecule has 1 saturated heterocycles. The fourth-order valence-corrected chi connectivity index (χ4v) is 1.10. The minimum absolute atomic E-state index is 0.384. The van der Waals surface area contributed by atoms with Gasteiger partial charge < -0.3 is 4.74 Å². The number of hydrogen-bond donors (Lipinski definition) is 0. The molecule has 4 heteroatoms. The van der Waals surface area contributed by atoms with Crippen molar-refractivity contribution in [2.45, 2.75) is 26.5 Å². The molecule has 4 nitrogen and oxygen atoms in total. The maximum atomic E-state index is 5.09. The SMILES string of the molecule is Cc1nc(C)n(C[C@@H]2CO2)n1. The third-order valence-corrected chi connectivity index (χ3v) is 1.74. The van der Waals surface area contributed by atoms with E-state index in [1.807, 2.05) is 18.5 Å². The Bertz CT molecular complexity index is 265. The molecule has 0 amide bonds. The van der Waals surface area contributed by atoms with Crippen LogP contribution in [-0.2, 0) is 11.3 Å². The second kappa shape index (κ2) is 2.30. The summed E-state index contributed by atoms with van der Waals surface area (Å²) in [7, 11) is 0. The van der Waals surface area contributed by atoms with E-state index in [-0.39, 0.29) is 0 Å². The van der Waals surface area contributed by atoms with Gasteiger partial charge in [-0.15, -0.1) is 0 Å². The molecule has 1 aromatic rings. The van der Waals surface area contributed by atoms with Crippen LogP contribution < -0.4 is 0 Å². The normalized spacial score (nSPS) is 22.2. The predicted octanol–water partition coefficient (Wildman–Crippen LogP) is 0.294. The van der Waals surface area contributed by atoms with Crippen LogP contribution in [0, 0.1) is 13.8 Å². The maximum absolute atomic E-state index is 5.09. The Morgan fingerprint density at radius 1 is 1.64 bits per heavy atom. The summed E-state index contributed by atoms with van der Waals surface area (Å²) in [5.41, 5.74) is 0. The van der Waals surface area contributed by atoms with Crippen LogP contribution in [0.3, 0.4) is 0 Å². The third kappa shape index (κ3) is 1.40. The quantitative estimate of drug-likeness (QED) is 0.574. The Hall–Kier alpha value is -0.900. The van der Waals surface area contributed by atoms with Crippen LogP contribution >= 0.6 is 0 Å². The molecule has 0 N–H and O–H groups in total.